The number of alkyl halides is 1. The van der Waals surface area contributed by atoms with Crippen LogP contribution in [0.3, 0.4) is 0 Å². The number of ether oxygens (including phenoxy) is 1. The third-order valence-electron chi connectivity index (χ3n) is 3.36. The maximum Gasteiger partial charge on any atom is 0.410 e. The average Bonchev–Trinajstić information content (AvgIpc) is 2.95. The second-order valence-corrected chi connectivity index (χ2v) is 5.65. The van der Waals surface area contributed by atoms with Crippen molar-refractivity contribution in [3.8, 4) is 0 Å². The molecule has 2 atom stereocenters. The highest BCUT2D eigenvalue weighted by atomic mass is 79.9. The maximum atomic E-state index is 11.9. The molecule has 1 unspecified atom stereocenters. The topological polar surface area (TPSA) is 49.9 Å². The van der Waals surface area contributed by atoms with Crippen LogP contribution in [0, 0.1) is 0 Å². The molecule has 2 aliphatic heterocycles. The highest BCUT2D eigenvalue weighted by Gasteiger charge is 2.38. The lowest BCUT2D eigenvalue weighted by Gasteiger charge is -2.24. The summed E-state index contributed by atoms with van der Waals surface area (Å²) in [7, 11) is 0. The van der Waals surface area contributed by atoms with Gasteiger partial charge in [0.2, 0.25) is 5.91 Å². The van der Waals surface area contributed by atoms with Gasteiger partial charge in [-0.05, 0) is 12.8 Å². The molecule has 2 rings (SSSR count). The van der Waals surface area contributed by atoms with Crippen molar-refractivity contribution in [2.75, 3.05) is 26.2 Å². The molecule has 0 aromatic carbocycles. The fraction of sp³-hybridized carbons (Fsp3) is 0.667. The first-order valence-electron chi connectivity index (χ1n) is 6.10. The van der Waals surface area contributed by atoms with Crippen molar-refractivity contribution in [3.05, 3.63) is 12.7 Å². The monoisotopic (exact) mass is 316 g/mol. The highest BCUT2D eigenvalue weighted by Crippen LogP contribution is 2.25. The number of amides is 2. The van der Waals surface area contributed by atoms with Crippen LogP contribution >= 0.6 is 15.9 Å². The predicted octanol–water partition coefficient (Wildman–Crippen LogP) is 1.38. The van der Waals surface area contributed by atoms with E-state index in [1.807, 2.05) is 4.90 Å². The molecule has 2 fully saturated rings. The molecule has 0 saturated carbocycles. The van der Waals surface area contributed by atoms with Crippen LogP contribution in [0.2, 0.25) is 0 Å². The van der Waals surface area contributed by atoms with E-state index in [0.29, 0.717) is 13.1 Å². The minimum Gasteiger partial charge on any atom is -0.445 e. The van der Waals surface area contributed by atoms with Gasteiger partial charge in [-0.15, -0.1) is 0 Å². The van der Waals surface area contributed by atoms with Crippen LogP contribution in [-0.2, 0) is 9.53 Å². The zero-order valence-corrected chi connectivity index (χ0v) is 11.8. The van der Waals surface area contributed by atoms with Crippen LogP contribution in [0.25, 0.3) is 0 Å². The number of hydrogen-bond acceptors (Lipinski definition) is 3. The fourth-order valence-electron chi connectivity index (χ4n) is 2.41. The molecule has 0 N–H and O–H groups in total. The van der Waals surface area contributed by atoms with Crippen LogP contribution in [0.4, 0.5) is 4.79 Å². The number of halogens is 1. The van der Waals surface area contributed by atoms with Gasteiger partial charge in [-0.1, -0.05) is 28.6 Å². The summed E-state index contributed by atoms with van der Waals surface area (Å²) in [6.07, 6.45) is 2.90. The predicted molar refractivity (Wildman–Crippen MR) is 70.6 cm³/mol. The SMILES string of the molecule is C=CCOC(=O)N1CC[C@H](N2CCC(Br)C2=O)C1. The van der Waals surface area contributed by atoms with Crippen molar-refractivity contribution >= 4 is 27.9 Å². The van der Waals surface area contributed by atoms with Crippen molar-refractivity contribution in [2.45, 2.75) is 23.7 Å². The molecule has 2 aliphatic rings. The average molecular weight is 317 g/mol. The lowest BCUT2D eigenvalue weighted by molar-refractivity contribution is -0.128. The number of rotatable bonds is 3. The fourth-order valence-corrected chi connectivity index (χ4v) is 2.88. The molecule has 18 heavy (non-hydrogen) atoms. The van der Waals surface area contributed by atoms with Gasteiger partial charge in [-0.3, -0.25) is 4.79 Å². The number of hydrogen-bond donors (Lipinski definition) is 0. The van der Waals surface area contributed by atoms with Crippen molar-refractivity contribution in [1.82, 2.24) is 9.80 Å². The summed E-state index contributed by atoms with van der Waals surface area (Å²) in [5, 5.41) is 0. The second kappa shape index (κ2) is 5.73. The van der Waals surface area contributed by atoms with E-state index >= 15 is 0 Å². The van der Waals surface area contributed by atoms with Gasteiger partial charge in [-0.2, -0.15) is 0 Å². The number of carbonyl (C=O) groups is 2. The zero-order chi connectivity index (χ0) is 13.1. The molecule has 0 aromatic rings. The Morgan fingerprint density at radius 2 is 2.28 bits per heavy atom. The van der Waals surface area contributed by atoms with Gasteiger partial charge in [-0.25, -0.2) is 4.79 Å². The molecule has 5 nitrogen and oxygen atoms in total. The molecular weight excluding hydrogens is 300 g/mol. The van der Waals surface area contributed by atoms with Crippen LogP contribution < -0.4 is 0 Å². The minimum atomic E-state index is -0.320. The Labute approximate surface area is 115 Å². The van der Waals surface area contributed by atoms with Gasteiger partial charge >= 0.3 is 6.09 Å². The molecule has 0 radical (unpaired) electrons. The molecular formula is C12H17BrN2O3. The Morgan fingerprint density at radius 3 is 2.89 bits per heavy atom. The zero-order valence-electron chi connectivity index (χ0n) is 10.2. The van der Waals surface area contributed by atoms with Crippen molar-refractivity contribution < 1.29 is 14.3 Å². The summed E-state index contributed by atoms with van der Waals surface area (Å²) in [5.74, 6) is 0.140. The van der Waals surface area contributed by atoms with E-state index in [-0.39, 0.29) is 29.5 Å². The summed E-state index contributed by atoms with van der Waals surface area (Å²) in [4.78, 5) is 27.0. The molecule has 100 valence electrons. The Morgan fingerprint density at radius 1 is 1.50 bits per heavy atom. The van der Waals surface area contributed by atoms with Gasteiger partial charge in [0.25, 0.3) is 0 Å². The molecule has 0 aliphatic carbocycles. The van der Waals surface area contributed by atoms with E-state index < -0.39 is 0 Å². The molecule has 0 spiro atoms. The third-order valence-corrected chi connectivity index (χ3v) is 4.21. The Balaban J connectivity index is 1.86. The van der Waals surface area contributed by atoms with Crippen molar-refractivity contribution in [2.24, 2.45) is 0 Å². The number of carbonyl (C=O) groups excluding carboxylic acids is 2. The lowest BCUT2D eigenvalue weighted by atomic mass is 10.2. The highest BCUT2D eigenvalue weighted by molar-refractivity contribution is 9.10. The second-order valence-electron chi connectivity index (χ2n) is 4.54. The minimum absolute atomic E-state index is 0.0562. The first kappa shape index (κ1) is 13.4. The third kappa shape index (κ3) is 2.68. The quantitative estimate of drug-likeness (QED) is 0.584. The van der Waals surface area contributed by atoms with Gasteiger partial charge in [0.05, 0.1) is 10.9 Å². The maximum absolute atomic E-state index is 11.9. The van der Waals surface area contributed by atoms with E-state index in [9.17, 15) is 9.59 Å². The standard InChI is InChI=1S/C12H17BrN2O3/c1-2-7-18-12(17)14-5-3-9(8-14)15-6-4-10(13)11(15)16/h2,9-10H,1,3-8H2/t9-,10?/m0/s1. The number of likely N-dealkylation sites (tertiary alicyclic amines) is 2. The van der Waals surface area contributed by atoms with Crippen LogP contribution in [-0.4, -0.2) is 58.9 Å². The molecule has 2 saturated heterocycles. The Hall–Kier alpha value is -1.04. The molecule has 6 heteroatoms. The van der Waals surface area contributed by atoms with Gasteiger partial charge in [0.1, 0.15) is 6.61 Å². The van der Waals surface area contributed by atoms with Crippen LogP contribution in [0.1, 0.15) is 12.8 Å². The molecule has 2 amide bonds. The Kier molecular flexibility index (Phi) is 4.27. The van der Waals surface area contributed by atoms with Crippen molar-refractivity contribution in [3.63, 3.8) is 0 Å². The van der Waals surface area contributed by atoms with E-state index in [2.05, 4.69) is 22.5 Å². The molecule has 0 aromatic heterocycles. The van der Waals surface area contributed by atoms with Crippen LogP contribution in [0.5, 0.6) is 0 Å². The first-order chi connectivity index (χ1) is 8.63. The summed E-state index contributed by atoms with van der Waals surface area (Å²) < 4.78 is 4.99. The first-order valence-corrected chi connectivity index (χ1v) is 7.02. The van der Waals surface area contributed by atoms with Gasteiger partial charge < -0.3 is 14.5 Å². The summed E-state index contributed by atoms with van der Waals surface area (Å²) >= 11 is 3.36. The number of nitrogens with zero attached hydrogens (tertiary/aromatic N) is 2. The lowest BCUT2D eigenvalue weighted by Crippen LogP contribution is -2.40. The van der Waals surface area contributed by atoms with Crippen molar-refractivity contribution in [1.29, 1.82) is 0 Å². The van der Waals surface area contributed by atoms with Gasteiger partial charge in [0.15, 0.2) is 0 Å². The molecule has 0 bridgehead atoms. The Bertz CT molecular complexity index is 361. The molecule has 2 heterocycles. The smallest absolute Gasteiger partial charge is 0.410 e. The van der Waals surface area contributed by atoms with E-state index in [1.165, 1.54) is 0 Å². The summed E-state index contributed by atoms with van der Waals surface area (Å²) in [5.41, 5.74) is 0. The van der Waals surface area contributed by atoms with E-state index in [0.717, 1.165) is 19.4 Å². The van der Waals surface area contributed by atoms with E-state index in [4.69, 9.17) is 4.74 Å². The van der Waals surface area contributed by atoms with Gasteiger partial charge in [0, 0.05) is 19.6 Å². The van der Waals surface area contributed by atoms with E-state index in [1.54, 1.807) is 11.0 Å². The van der Waals surface area contributed by atoms with Crippen LogP contribution in [0.15, 0.2) is 12.7 Å². The summed E-state index contributed by atoms with van der Waals surface area (Å²) in [6, 6.07) is 0.135. The largest absolute Gasteiger partial charge is 0.445 e. The normalized spacial score (nSPS) is 27.7. The summed E-state index contributed by atoms with van der Waals surface area (Å²) in [6.45, 7) is 5.72.